The molecule has 0 bridgehead atoms. The van der Waals surface area contributed by atoms with Crippen LogP contribution in [0.4, 0.5) is 16.2 Å². The molecule has 3 atom stereocenters. The SMILES string of the molecule is CC(C)(C)c1ccc(N2C(=O)NC3c4c2ccnc4S[C@H]3C(=O)NC2CCCNC2)cc1. The zero-order valence-electron chi connectivity index (χ0n) is 18.6. The minimum Gasteiger partial charge on any atom is -0.351 e. The first-order chi connectivity index (χ1) is 15.3. The third-order valence-corrected chi connectivity index (χ3v) is 7.69. The summed E-state index contributed by atoms with van der Waals surface area (Å²) >= 11 is 1.44. The lowest BCUT2D eigenvalue weighted by Gasteiger charge is -2.35. The first kappa shape index (κ1) is 21.3. The number of urea groups is 1. The minimum absolute atomic E-state index is 0.0385. The predicted molar refractivity (Wildman–Crippen MR) is 126 cm³/mol. The van der Waals surface area contributed by atoms with Crippen LogP contribution < -0.4 is 20.9 Å². The van der Waals surface area contributed by atoms with Gasteiger partial charge in [0, 0.05) is 24.3 Å². The van der Waals surface area contributed by atoms with E-state index in [1.54, 1.807) is 11.1 Å². The third kappa shape index (κ3) is 3.75. The molecule has 0 spiro atoms. The van der Waals surface area contributed by atoms with Gasteiger partial charge in [-0.15, -0.1) is 0 Å². The van der Waals surface area contributed by atoms with Crippen LogP contribution in [0.5, 0.6) is 0 Å². The summed E-state index contributed by atoms with van der Waals surface area (Å²) < 4.78 is 0. The highest BCUT2D eigenvalue weighted by molar-refractivity contribution is 8.01. The van der Waals surface area contributed by atoms with Crippen molar-refractivity contribution in [3.05, 3.63) is 47.7 Å². The number of piperidine rings is 1. The molecule has 2 unspecified atom stereocenters. The molecule has 3 aliphatic rings. The van der Waals surface area contributed by atoms with Crippen molar-refractivity contribution in [3.63, 3.8) is 0 Å². The molecule has 168 valence electrons. The molecule has 7 nitrogen and oxygen atoms in total. The van der Waals surface area contributed by atoms with E-state index >= 15 is 0 Å². The van der Waals surface area contributed by atoms with Gasteiger partial charge < -0.3 is 16.0 Å². The molecule has 3 aliphatic heterocycles. The molecular formula is C24H29N5O2S. The van der Waals surface area contributed by atoms with Gasteiger partial charge in [0.2, 0.25) is 5.91 Å². The Labute approximate surface area is 192 Å². The normalized spacial score (nSPS) is 24.7. The number of pyridine rings is 1. The summed E-state index contributed by atoms with van der Waals surface area (Å²) in [7, 11) is 0. The molecule has 0 radical (unpaired) electrons. The second-order valence-corrected chi connectivity index (χ2v) is 10.8. The first-order valence-corrected chi connectivity index (χ1v) is 12.1. The highest BCUT2D eigenvalue weighted by Gasteiger charge is 2.46. The van der Waals surface area contributed by atoms with Crippen LogP contribution in [-0.2, 0) is 10.2 Å². The van der Waals surface area contributed by atoms with E-state index < -0.39 is 5.25 Å². The second kappa shape index (κ2) is 8.08. The van der Waals surface area contributed by atoms with E-state index in [0.29, 0.717) is 0 Å². The molecule has 1 fully saturated rings. The highest BCUT2D eigenvalue weighted by atomic mass is 32.2. The predicted octanol–water partition coefficient (Wildman–Crippen LogP) is 3.62. The van der Waals surface area contributed by atoms with Crippen LogP contribution in [0.2, 0.25) is 0 Å². The Kier molecular flexibility index (Phi) is 5.37. The molecule has 1 saturated heterocycles. The summed E-state index contributed by atoms with van der Waals surface area (Å²) in [5.74, 6) is -0.0408. The van der Waals surface area contributed by atoms with Crippen molar-refractivity contribution in [1.82, 2.24) is 20.9 Å². The number of hydrogen-bond donors (Lipinski definition) is 3. The van der Waals surface area contributed by atoms with E-state index in [9.17, 15) is 9.59 Å². The number of hydrogen-bond acceptors (Lipinski definition) is 5. The van der Waals surface area contributed by atoms with Gasteiger partial charge in [-0.2, -0.15) is 0 Å². The molecule has 5 rings (SSSR count). The summed E-state index contributed by atoms with van der Waals surface area (Å²) in [6.45, 7) is 8.29. The fourth-order valence-corrected chi connectivity index (χ4v) is 5.89. The lowest BCUT2D eigenvalue weighted by Crippen LogP contribution is -2.52. The zero-order chi connectivity index (χ0) is 22.5. The van der Waals surface area contributed by atoms with E-state index in [4.69, 9.17) is 0 Å². The van der Waals surface area contributed by atoms with E-state index in [1.165, 1.54) is 17.3 Å². The topological polar surface area (TPSA) is 86.4 Å². The summed E-state index contributed by atoms with van der Waals surface area (Å²) in [6.07, 6.45) is 3.75. The molecule has 0 saturated carbocycles. The van der Waals surface area contributed by atoms with Crippen LogP contribution >= 0.6 is 11.8 Å². The van der Waals surface area contributed by atoms with Crippen LogP contribution in [0.3, 0.4) is 0 Å². The largest absolute Gasteiger partial charge is 0.351 e. The van der Waals surface area contributed by atoms with Crippen molar-refractivity contribution >= 4 is 35.1 Å². The molecule has 1 aromatic carbocycles. The van der Waals surface area contributed by atoms with Gasteiger partial charge in [-0.25, -0.2) is 9.78 Å². The number of carbonyl (C=O) groups excluding carboxylic acids is 2. The van der Waals surface area contributed by atoms with E-state index in [2.05, 4.69) is 53.8 Å². The Hall–Kier alpha value is -2.58. The van der Waals surface area contributed by atoms with Crippen molar-refractivity contribution in [1.29, 1.82) is 0 Å². The molecule has 8 heteroatoms. The number of thioether (sulfide) groups is 1. The van der Waals surface area contributed by atoms with E-state index in [0.717, 1.165) is 47.9 Å². The second-order valence-electron chi connectivity index (χ2n) is 9.70. The van der Waals surface area contributed by atoms with Gasteiger partial charge in [0.25, 0.3) is 0 Å². The maximum Gasteiger partial charge on any atom is 0.327 e. The van der Waals surface area contributed by atoms with Gasteiger partial charge in [-0.1, -0.05) is 44.7 Å². The number of rotatable bonds is 3. The molecule has 1 aromatic heterocycles. The number of nitrogens with one attached hydrogen (secondary N) is 3. The third-order valence-electron chi connectivity index (χ3n) is 6.40. The first-order valence-electron chi connectivity index (χ1n) is 11.2. The molecule has 2 aromatic rings. The maximum atomic E-state index is 13.2. The Morgan fingerprint density at radius 2 is 2.00 bits per heavy atom. The molecule has 32 heavy (non-hydrogen) atoms. The lowest BCUT2D eigenvalue weighted by molar-refractivity contribution is -0.121. The number of nitrogens with zero attached hydrogens (tertiary/aromatic N) is 2. The maximum absolute atomic E-state index is 13.2. The molecule has 4 heterocycles. The molecule has 0 aliphatic carbocycles. The number of aromatic nitrogens is 1. The molecule has 3 amide bonds. The van der Waals surface area contributed by atoms with Gasteiger partial charge in [0.05, 0.1) is 17.4 Å². The van der Waals surface area contributed by atoms with Gasteiger partial charge >= 0.3 is 6.03 Å². The number of carbonyl (C=O) groups is 2. The standard InChI is InChI=1S/C24H29N5O2S/c1-24(2,3)14-6-8-16(9-7-14)29-17-10-12-26-22-18(17)19(28-23(29)31)20(32-22)21(30)27-15-5-4-11-25-13-15/h6-10,12,15,19-20,25H,4-5,11,13H2,1-3H3,(H,27,30)(H,28,31)/t15?,19?,20-/m1/s1. The highest BCUT2D eigenvalue weighted by Crippen LogP contribution is 2.50. The van der Waals surface area contributed by atoms with Gasteiger partial charge in [-0.05, 0) is 48.6 Å². The van der Waals surface area contributed by atoms with Gasteiger partial charge in [-0.3, -0.25) is 9.69 Å². The average molecular weight is 452 g/mol. The van der Waals surface area contributed by atoms with Crippen molar-refractivity contribution in [3.8, 4) is 0 Å². The monoisotopic (exact) mass is 451 g/mol. The van der Waals surface area contributed by atoms with E-state index in [1.807, 2.05) is 18.2 Å². The zero-order valence-corrected chi connectivity index (χ0v) is 19.5. The smallest absolute Gasteiger partial charge is 0.327 e. The summed E-state index contributed by atoms with van der Waals surface area (Å²) in [6, 6.07) is 9.50. The van der Waals surface area contributed by atoms with Crippen LogP contribution in [0.25, 0.3) is 0 Å². The van der Waals surface area contributed by atoms with Crippen molar-refractivity contribution in [2.75, 3.05) is 18.0 Å². The van der Waals surface area contributed by atoms with Crippen LogP contribution in [0.1, 0.15) is 50.8 Å². The summed E-state index contributed by atoms with van der Waals surface area (Å²) in [5.41, 5.74) is 3.78. The van der Waals surface area contributed by atoms with Crippen LogP contribution in [0, 0.1) is 0 Å². The minimum atomic E-state index is -0.421. The van der Waals surface area contributed by atoms with Crippen molar-refractivity contribution < 1.29 is 9.59 Å². The van der Waals surface area contributed by atoms with E-state index in [-0.39, 0.29) is 29.4 Å². The quantitative estimate of drug-likeness (QED) is 0.664. The summed E-state index contributed by atoms with van der Waals surface area (Å²) in [5, 5.41) is 9.97. The van der Waals surface area contributed by atoms with Gasteiger partial charge in [0.1, 0.15) is 10.3 Å². The Bertz CT molecular complexity index is 1040. The van der Waals surface area contributed by atoms with Crippen LogP contribution in [0.15, 0.2) is 41.6 Å². The van der Waals surface area contributed by atoms with Crippen molar-refractivity contribution in [2.24, 2.45) is 0 Å². The fourth-order valence-electron chi connectivity index (χ4n) is 4.65. The van der Waals surface area contributed by atoms with Crippen LogP contribution in [-0.4, -0.2) is 41.3 Å². The average Bonchev–Trinajstić information content (AvgIpc) is 3.14. The van der Waals surface area contributed by atoms with Crippen molar-refractivity contribution in [2.45, 2.75) is 61.4 Å². The summed E-state index contributed by atoms with van der Waals surface area (Å²) in [4.78, 5) is 32.6. The number of amides is 3. The molecular weight excluding hydrogens is 422 g/mol. The Morgan fingerprint density at radius 1 is 1.22 bits per heavy atom. The molecule has 3 N–H and O–H groups in total. The lowest BCUT2D eigenvalue weighted by atomic mass is 9.87. The Morgan fingerprint density at radius 3 is 2.69 bits per heavy atom. The fraction of sp³-hybridized carbons (Fsp3) is 0.458. The Balaban J connectivity index is 1.43. The number of anilines is 2. The van der Waals surface area contributed by atoms with Gasteiger partial charge in [0.15, 0.2) is 0 Å². The number of benzene rings is 1.